The van der Waals surface area contributed by atoms with Gasteiger partial charge in [0.2, 0.25) is 0 Å². The molecule has 4 nitrogen and oxygen atoms in total. The fraction of sp³-hybridized carbons (Fsp3) is 0.600. The van der Waals surface area contributed by atoms with Gasteiger partial charge >= 0.3 is 0 Å². The molecule has 1 unspecified atom stereocenters. The van der Waals surface area contributed by atoms with Crippen LogP contribution < -0.4 is 10.5 Å². The molecule has 0 aromatic heterocycles. The lowest BCUT2D eigenvalue weighted by Gasteiger charge is -2.13. The summed E-state index contributed by atoms with van der Waals surface area (Å²) in [5.41, 5.74) is 6.57. The van der Waals surface area contributed by atoms with Gasteiger partial charge in [0.05, 0.1) is 6.61 Å². The van der Waals surface area contributed by atoms with Crippen molar-refractivity contribution in [3.63, 3.8) is 0 Å². The van der Waals surface area contributed by atoms with E-state index in [1.165, 1.54) is 0 Å². The third kappa shape index (κ3) is 7.15. The highest BCUT2D eigenvalue weighted by atomic mass is 16.5. The van der Waals surface area contributed by atoms with Gasteiger partial charge in [-0.2, -0.15) is 0 Å². The van der Waals surface area contributed by atoms with Crippen LogP contribution >= 0.6 is 0 Å². The Kier molecular flexibility index (Phi) is 7.48. The second-order valence-electron chi connectivity index (χ2n) is 5.07. The van der Waals surface area contributed by atoms with Crippen LogP contribution in [0, 0.1) is 5.92 Å². The topological polar surface area (TPSA) is 64.7 Å². The number of benzene rings is 1. The molecule has 1 rings (SSSR count). The van der Waals surface area contributed by atoms with Crippen molar-refractivity contribution in [2.75, 3.05) is 19.8 Å². The molecular weight excluding hydrogens is 242 g/mol. The average Bonchev–Trinajstić information content (AvgIpc) is 2.41. The van der Waals surface area contributed by atoms with E-state index >= 15 is 0 Å². The second kappa shape index (κ2) is 8.91. The van der Waals surface area contributed by atoms with Crippen LogP contribution in [0.25, 0.3) is 0 Å². The molecule has 0 aliphatic carbocycles. The van der Waals surface area contributed by atoms with Gasteiger partial charge in [-0.15, -0.1) is 0 Å². The molecule has 0 spiro atoms. The number of aliphatic hydroxyl groups is 1. The van der Waals surface area contributed by atoms with E-state index in [0.717, 1.165) is 17.7 Å². The van der Waals surface area contributed by atoms with Crippen LogP contribution in [0.4, 0.5) is 0 Å². The van der Waals surface area contributed by atoms with E-state index in [4.69, 9.17) is 15.2 Å². The minimum absolute atomic E-state index is 0.232. The summed E-state index contributed by atoms with van der Waals surface area (Å²) in [5.74, 6) is 1.34. The summed E-state index contributed by atoms with van der Waals surface area (Å²) in [6.07, 6.45) is 0.403. The van der Waals surface area contributed by atoms with Gasteiger partial charge in [-0.3, -0.25) is 0 Å². The Balaban J connectivity index is 2.20. The Morgan fingerprint density at radius 2 is 2.05 bits per heavy atom. The van der Waals surface area contributed by atoms with Gasteiger partial charge in [0.25, 0.3) is 0 Å². The summed E-state index contributed by atoms with van der Waals surface area (Å²) < 4.78 is 10.9. The number of hydrogen-bond acceptors (Lipinski definition) is 4. The van der Waals surface area contributed by atoms with E-state index in [0.29, 0.717) is 25.7 Å². The Bertz CT molecular complexity index is 355. The number of nitrogens with two attached hydrogens (primary N) is 1. The van der Waals surface area contributed by atoms with Gasteiger partial charge in [0.1, 0.15) is 18.5 Å². The lowest BCUT2D eigenvalue weighted by molar-refractivity contribution is 0.00915. The molecule has 0 aliphatic rings. The molecule has 19 heavy (non-hydrogen) atoms. The first-order valence-corrected chi connectivity index (χ1v) is 6.79. The van der Waals surface area contributed by atoms with E-state index in [-0.39, 0.29) is 6.61 Å². The van der Waals surface area contributed by atoms with E-state index in [1.54, 1.807) is 0 Å². The molecule has 108 valence electrons. The molecule has 0 heterocycles. The Morgan fingerprint density at radius 3 is 2.74 bits per heavy atom. The molecule has 4 heteroatoms. The SMILES string of the molecule is CC(C)CCOCC(O)COc1cccc(CN)c1. The molecule has 0 saturated carbocycles. The van der Waals surface area contributed by atoms with Gasteiger partial charge in [-0.05, 0) is 30.0 Å². The van der Waals surface area contributed by atoms with E-state index in [1.807, 2.05) is 24.3 Å². The van der Waals surface area contributed by atoms with Crippen molar-refractivity contribution in [1.29, 1.82) is 0 Å². The summed E-state index contributed by atoms with van der Waals surface area (Å²) in [4.78, 5) is 0. The van der Waals surface area contributed by atoms with Gasteiger partial charge in [0.15, 0.2) is 0 Å². The zero-order valence-corrected chi connectivity index (χ0v) is 11.8. The maximum atomic E-state index is 9.73. The van der Waals surface area contributed by atoms with Crippen molar-refractivity contribution in [3.05, 3.63) is 29.8 Å². The number of rotatable bonds is 9. The van der Waals surface area contributed by atoms with Crippen molar-refractivity contribution in [1.82, 2.24) is 0 Å². The molecular formula is C15H25NO3. The Hall–Kier alpha value is -1.10. The zero-order chi connectivity index (χ0) is 14.1. The Morgan fingerprint density at radius 1 is 1.26 bits per heavy atom. The van der Waals surface area contributed by atoms with Gasteiger partial charge in [0, 0.05) is 13.2 Å². The van der Waals surface area contributed by atoms with Crippen LogP contribution in [0.2, 0.25) is 0 Å². The monoisotopic (exact) mass is 267 g/mol. The van der Waals surface area contributed by atoms with Crippen LogP contribution in [0.1, 0.15) is 25.8 Å². The molecule has 1 aromatic rings. The van der Waals surface area contributed by atoms with Crippen molar-refractivity contribution in [3.8, 4) is 5.75 Å². The molecule has 0 aliphatic heterocycles. The highest BCUT2D eigenvalue weighted by molar-refractivity contribution is 5.28. The summed E-state index contributed by atoms with van der Waals surface area (Å²) in [6, 6.07) is 7.57. The smallest absolute Gasteiger partial charge is 0.119 e. The second-order valence-corrected chi connectivity index (χ2v) is 5.07. The minimum atomic E-state index is -0.603. The van der Waals surface area contributed by atoms with Crippen molar-refractivity contribution < 1.29 is 14.6 Å². The minimum Gasteiger partial charge on any atom is -0.491 e. The van der Waals surface area contributed by atoms with E-state index in [9.17, 15) is 5.11 Å². The molecule has 3 N–H and O–H groups in total. The number of ether oxygens (including phenoxy) is 2. The Labute approximate surface area is 115 Å². The first-order chi connectivity index (χ1) is 9.11. The van der Waals surface area contributed by atoms with Crippen LogP contribution in [-0.4, -0.2) is 31.0 Å². The lowest BCUT2D eigenvalue weighted by Crippen LogP contribution is -2.24. The predicted molar refractivity (Wildman–Crippen MR) is 76.1 cm³/mol. The molecule has 0 amide bonds. The lowest BCUT2D eigenvalue weighted by atomic mass is 10.1. The van der Waals surface area contributed by atoms with Crippen LogP contribution in [0.3, 0.4) is 0 Å². The third-order valence-corrected chi connectivity index (χ3v) is 2.73. The third-order valence-electron chi connectivity index (χ3n) is 2.73. The van der Waals surface area contributed by atoms with E-state index < -0.39 is 6.10 Å². The van der Waals surface area contributed by atoms with Gasteiger partial charge in [-0.1, -0.05) is 26.0 Å². The molecule has 0 fully saturated rings. The maximum Gasteiger partial charge on any atom is 0.119 e. The normalized spacial score (nSPS) is 12.7. The summed E-state index contributed by atoms with van der Waals surface area (Å²) in [6.45, 7) is 6.00. The largest absolute Gasteiger partial charge is 0.491 e. The summed E-state index contributed by atoms with van der Waals surface area (Å²) >= 11 is 0. The molecule has 1 aromatic carbocycles. The van der Waals surface area contributed by atoms with Crippen LogP contribution in [0.5, 0.6) is 5.75 Å². The molecule has 0 bridgehead atoms. The van der Waals surface area contributed by atoms with Crippen molar-refractivity contribution >= 4 is 0 Å². The van der Waals surface area contributed by atoms with Gasteiger partial charge < -0.3 is 20.3 Å². The predicted octanol–water partition coefficient (Wildman–Crippen LogP) is 1.95. The van der Waals surface area contributed by atoms with Crippen LogP contribution in [0.15, 0.2) is 24.3 Å². The number of hydrogen-bond donors (Lipinski definition) is 2. The fourth-order valence-electron chi connectivity index (χ4n) is 1.54. The highest BCUT2D eigenvalue weighted by Gasteiger charge is 2.06. The number of aliphatic hydroxyl groups excluding tert-OH is 1. The standard InChI is InChI=1S/C15H25NO3/c1-12(2)6-7-18-10-14(17)11-19-15-5-3-4-13(8-15)9-16/h3-5,8,12,14,17H,6-7,9-11,16H2,1-2H3. The summed E-state index contributed by atoms with van der Waals surface area (Å²) in [5, 5.41) is 9.73. The molecule has 1 atom stereocenters. The quantitative estimate of drug-likeness (QED) is 0.671. The fourth-order valence-corrected chi connectivity index (χ4v) is 1.54. The highest BCUT2D eigenvalue weighted by Crippen LogP contribution is 2.13. The first-order valence-electron chi connectivity index (χ1n) is 6.79. The van der Waals surface area contributed by atoms with E-state index in [2.05, 4.69) is 13.8 Å². The summed E-state index contributed by atoms with van der Waals surface area (Å²) in [7, 11) is 0. The van der Waals surface area contributed by atoms with Gasteiger partial charge in [-0.25, -0.2) is 0 Å². The zero-order valence-electron chi connectivity index (χ0n) is 11.8. The van der Waals surface area contributed by atoms with Crippen LogP contribution in [-0.2, 0) is 11.3 Å². The molecule has 0 saturated heterocycles. The first kappa shape index (κ1) is 16.0. The molecule has 0 radical (unpaired) electrons. The average molecular weight is 267 g/mol. The van der Waals surface area contributed by atoms with Crippen molar-refractivity contribution in [2.45, 2.75) is 32.9 Å². The maximum absolute atomic E-state index is 9.73. The van der Waals surface area contributed by atoms with Crippen molar-refractivity contribution in [2.24, 2.45) is 11.7 Å².